The summed E-state index contributed by atoms with van der Waals surface area (Å²) in [5, 5.41) is 13.0. The molecule has 0 bridgehead atoms. The minimum Gasteiger partial charge on any atom is -0.488 e. The van der Waals surface area contributed by atoms with E-state index in [1.54, 1.807) is 12.3 Å². The second kappa shape index (κ2) is 9.71. The highest BCUT2D eigenvalue weighted by Gasteiger charge is 2.16. The number of carbonyl (C=O) groups is 1. The van der Waals surface area contributed by atoms with Gasteiger partial charge in [0.05, 0.1) is 6.10 Å². The normalized spacial score (nSPS) is 12.8. The van der Waals surface area contributed by atoms with Crippen molar-refractivity contribution in [2.75, 3.05) is 5.32 Å². The average molecular weight is 391 g/mol. The largest absolute Gasteiger partial charge is 0.488 e. The second-order valence-corrected chi connectivity index (χ2v) is 6.88. The highest BCUT2D eigenvalue weighted by atomic mass is 16.5. The van der Waals surface area contributed by atoms with E-state index in [-0.39, 0.29) is 6.10 Å². The number of pyridine rings is 1. The summed E-state index contributed by atoms with van der Waals surface area (Å²) in [5.74, 6) is 0.688. The molecular weight excluding hydrogens is 366 g/mol. The predicted octanol–water partition coefficient (Wildman–Crippen LogP) is 4.00. The van der Waals surface area contributed by atoms with Crippen LogP contribution in [-0.2, 0) is 6.42 Å². The minimum atomic E-state index is -0.595. The fourth-order valence-electron chi connectivity index (χ4n) is 3.03. The molecule has 0 fully saturated rings. The predicted molar refractivity (Wildman–Crippen MR) is 114 cm³/mol. The number of amides is 2. The van der Waals surface area contributed by atoms with Crippen LogP contribution in [0.5, 0.6) is 5.75 Å². The molecule has 2 amide bonds. The van der Waals surface area contributed by atoms with Crippen LogP contribution >= 0.6 is 0 Å². The Bertz CT molecular complexity index is 930. The maximum absolute atomic E-state index is 11.0. The van der Waals surface area contributed by atoms with E-state index in [0.717, 1.165) is 23.1 Å². The molecule has 0 radical (unpaired) electrons. The minimum absolute atomic E-state index is 0.333. The van der Waals surface area contributed by atoms with E-state index in [0.29, 0.717) is 17.9 Å². The van der Waals surface area contributed by atoms with Crippen molar-refractivity contribution in [3.05, 3.63) is 78.6 Å². The van der Waals surface area contributed by atoms with Crippen molar-refractivity contribution >= 4 is 11.7 Å². The molecule has 0 aliphatic carbocycles. The van der Waals surface area contributed by atoms with Crippen molar-refractivity contribution in [2.45, 2.75) is 32.0 Å². The molecule has 0 aliphatic heterocycles. The molecule has 2 unspecified atom stereocenters. The van der Waals surface area contributed by atoms with E-state index < -0.39 is 12.1 Å². The number of aryl methyl sites for hydroxylation is 1. The summed E-state index contributed by atoms with van der Waals surface area (Å²) in [4.78, 5) is 15.1. The fraction of sp³-hybridized carbons (Fsp3) is 0.217. The molecule has 6 nitrogen and oxygen atoms in total. The standard InChI is InChI=1S/C23H25N3O3/c1-16(22(27)12-7-17-4-3-13-25-15-17)29-21-10-8-18(9-11-21)19-5-2-6-20(14-19)26-23(24)28/h2-6,8-11,13-16,22,27H,7,12H2,1H3,(H3,24,26,28). The maximum Gasteiger partial charge on any atom is 0.316 e. The Morgan fingerprint density at radius 2 is 1.93 bits per heavy atom. The van der Waals surface area contributed by atoms with Crippen molar-refractivity contribution < 1.29 is 14.6 Å². The van der Waals surface area contributed by atoms with Gasteiger partial charge in [0.1, 0.15) is 11.9 Å². The first-order valence-corrected chi connectivity index (χ1v) is 9.52. The third-order valence-corrected chi connectivity index (χ3v) is 4.63. The SMILES string of the molecule is CC(Oc1ccc(-c2cccc(NC(N)=O)c2)cc1)C(O)CCc1cccnc1. The monoisotopic (exact) mass is 391 g/mol. The van der Waals surface area contributed by atoms with Gasteiger partial charge in [0.25, 0.3) is 0 Å². The van der Waals surface area contributed by atoms with Gasteiger partial charge in [0.15, 0.2) is 0 Å². The number of aliphatic hydroxyl groups is 1. The van der Waals surface area contributed by atoms with Gasteiger partial charge in [-0.3, -0.25) is 4.98 Å². The molecule has 2 atom stereocenters. The number of hydrogen-bond acceptors (Lipinski definition) is 4. The smallest absolute Gasteiger partial charge is 0.316 e. The van der Waals surface area contributed by atoms with Crippen LogP contribution in [0.2, 0.25) is 0 Å². The Balaban J connectivity index is 1.57. The fourth-order valence-corrected chi connectivity index (χ4v) is 3.03. The number of hydrogen-bond donors (Lipinski definition) is 3. The maximum atomic E-state index is 11.0. The number of rotatable bonds is 8. The Morgan fingerprint density at radius 1 is 1.14 bits per heavy atom. The molecule has 3 rings (SSSR count). The number of nitrogens with two attached hydrogens (primary N) is 1. The molecule has 3 aromatic rings. The number of nitrogens with one attached hydrogen (secondary N) is 1. The van der Waals surface area contributed by atoms with Gasteiger partial charge in [-0.25, -0.2) is 4.79 Å². The van der Waals surface area contributed by atoms with E-state index in [9.17, 15) is 9.90 Å². The van der Waals surface area contributed by atoms with Gasteiger partial charge in [0.2, 0.25) is 0 Å². The zero-order chi connectivity index (χ0) is 20.6. The van der Waals surface area contributed by atoms with Crippen molar-refractivity contribution in [1.29, 1.82) is 0 Å². The quantitative estimate of drug-likeness (QED) is 0.541. The van der Waals surface area contributed by atoms with Crippen LogP contribution in [-0.4, -0.2) is 28.3 Å². The number of primary amides is 1. The van der Waals surface area contributed by atoms with Gasteiger partial charge < -0.3 is 20.9 Å². The van der Waals surface area contributed by atoms with Gasteiger partial charge in [-0.05, 0) is 66.8 Å². The molecule has 1 heterocycles. The number of aliphatic hydroxyl groups excluding tert-OH is 1. The molecule has 0 spiro atoms. The number of benzene rings is 2. The molecule has 1 aromatic heterocycles. The van der Waals surface area contributed by atoms with Crippen molar-refractivity contribution in [3.63, 3.8) is 0 Å². The molecule has 4 N–H and O–H groups in total. The number of ether oxygens (including phenoxy) is 1. The summed E-state index contributed by atoms with van der Waals surface area (Å²) in [6.07, 6.45) is 3.99. The van der Waals surface area contributed by atoms with Crippen LogP contribution in [0.3, 0.4) is 0 Å². The number of carbonyl (C=O) groups excluding carboxylic acids is 1. The van der Waals surface area contributed by atoms with Crippen LogP contribution in [0.25, 0.3) is 11.1 Å². The summed E-state index contributed by atoms with van der Waals surface area (Å²) >= 11 is 0. The molecule has 0 saturated heterocycles. The summed E-state index contributed by atoms with van der Waals surface area (Å²) in [7, 11) is 0. The first kappa shape index (κ1) is 20.4. The zero-order valence-electron chi connectivity index (χ0n) is 16.3. The molecule has 0 aliphatic rings. The Hall–Kier alpha value is -3.38. The zero-order valence-corrected chi connectivity index (χ0v) is 16.3. The Morgan fingerprint density at radius 3 is 2.62 bits per heavy atom. The molecule has 2 aromatic carbocycles. The molecule has 6 heteroatoms. The van der Waals surface area contributed by atoms with Gasteiger partial charge >= 0.3 is 6.03 Å². The lowest BCUT2D eigenvalue weighted by Gasteiger charge is -2.20. The highest BCUT2D eigenvalue weighted by molar-refractivity contribution is 5.88. The third kappa shape index (κ3) is 6.05. The Labute approximate surface area is 170 Å². The lowest BCUT2D eigenvalue weighted by atomic mass is 10.0. The van der Waals surface area contributed by atoms with Crippen molar-refractivity contribution in [1.82, 2.24) is 4.98 Å². The van der Waals surface area contributed by atoms with Crippen LogP contribution in [0.4, 0.5) is 10.5 Å². The lowest BCUT2D eigenvalue weighted by molar-refractivity contribution is 0.0420. The number of anilines is 1. The summed E-state index contributed by atoms with van der Waals surface area (Å²) < 4.78 is 5.89. The third-order valence-electron chi connectivity index (χ3n) is 4.63. The number of aromatic nitrogens is 1. The van der Waals surface area contributed by atoms with Gasteiger partial charge in [0, 0.05) is 18.1 Å². The molecule has 29 heavy (non-hydrogen) atoms. The highest BCUT2D eigenvalue weighted by Crippen LogP contribution is 2.25. The van der Waals surface area contributed by atoms with E-state index in [1.807, 2.05) is 67.7 Å². The summed E-state index contributed by atoms with van der Waals surface area (Å²) in [6.45, 7) is 1.86. The van der Waals surface area contributed by atoms with E-state index in [2.05, 4.69) is 10.3 Å². The first-order valence-electron chi connectivity index (χ1n) is 9.52. The van der Waals surface area contributed by atoms with Crippen LogP contribution < -0.4 is 15.8 Å². The van der Waals surface area contributed by atoms with Crippen LogP contribution in [0.15, 0.2) is 73.1 Å². The lowest BCUT2D eigenvalue weighted by Crippen LogP contribution is -2.29. The van der Waals surface area contributed by atoms with Gasteiger partial charge in [-0.15, -0.1) is 0 Å². The van der Waals surface area contributed by atoms with E-state index in [4.69, 9.17) is 10.5 Å². The summed E-state index contributed by atoms with van der Waals surface area (Å²) in [5.41, 5.74) is 8.83. The summed E-state index contributed by atoms with van der Waals surface area (Å²) in [6, 6.07) is 18.3. The first-order chi connectivity index (χ1) is 14.0. The van der Waals surface area contributed by atoms with Gasteiger partial charge in [-0.1, -0.05) is 30.3 Å². The molecule has 150 valence electrons. The number of urea groups is 1. The van der Waals surface area contributed by atoms with Crippen molar-refractivity contribution in [2.24, 2.45) is 5.73 Å². The Kier molecular flexibility index (Phi) is 6.81. The molecular formula is C23H25N3O3. The average Bonchev–Trinajstić information content (AvgIpc) is 2.73. The van der Waals surface area contributed by atoms with Gasteiger partial charge in [-0.2, -0.15) is 0 Å². The van der Waals surface area contributed by atoms with E-state index in [1.165, 1.54) is 0 Å². The van der Waals surface area contributed by atoms with Crippen LogP contribution in [0, 0.1) is 0 Å². The number of nitrogens with zero attached hydrogens (tertiary/aromatic N) is 1. The second-order valence-electron chi connectivity index (χ2n) is 6.88. The van der Waals surface area contributed by atoms with Crippen LogP contribution in [0.1, 0.15) is 18.9 Å². The van der Waals surface area contributed by atoms with Crippen molar-refractivity contribution in [3.8, 4) is 16.9 Å². The van der Waals surface area contributed by atoms with E-state index >= 15 is 0 Å². The molecule has 0 saturated carbocycles. The topological polar surface area (TPSA) is 97.5 Å².